The summed E-state index contributed by atoms with van der Waals surface area (Å²) in [5.41, 5.74) is 6.66. The van der Waals surface area contributed by atoms with Crippen molar-refractivity contribution in [1.82, 2.24) is 4.98 Å². The number of halogens is 1. The Morgan fingerprint density at radius 3 is 2.72 bits per heavy atom. The fraction of sp³-hybridized carbons (Fsp3) is 0.182. The summed E-state index contributed by atoms with van der Waals surface area (Å²) in [5.74, 6) is -0.142. The first-order chi connectivity index (χ1) is 8.38. The molecule has 2 aromatic rings. The van der Waals surface area contributed by atoms with Crippen LogP contribution in [-0.2, 0) is 15.6 Å². The molecule has 1 heterocycles. The molecule has 0 aliphatic rings. The normalized spacial score (nSPS) is 11.7. The summed E-state index contributed by atoms with van der Waals surface area (Å²) >= 11 is 7.07. The average Bonchev–Trinajstić information content (AvgIpc) is 2.62. The molecule has 0 atom stereocenters. The summed E-state index contributed by atoms with van der Waals surface area (Å²) in [5, 5.41) is 2.79. The topological polar surface area (TPSA) is 73.0 Å². The maximum Gasteiger partial charge on any atom is 0.186 e. The fourth-order valence-electron chi connectivity index (χ4n) is 1.51. The van der Waals surface area contributed by atoms with E-state index in [2.05, 4.69) is 4.98 Å². The van der Waals surface area contributed by atoms with Gasteiger partial charge in [0.05, 0.1) is 10.6 Å². The lowest BCUT2D eigenvalue weighted by Gasteiger charge is -2.06. The van der Waals surface area contributed by atoms with Gasteiger partial charge in [-0.1, -0.05) is 11.6 Å². The molecule has 7 heteroatoms. The second-order valence-electron chi connectivity index (χ2n) is 3.82. The highest BCUT2D eigenvalue weighted by Crippen LogP contribution is 2.26. The highest BCUT2D eigenvalue weighted by atomic mass is 35.5. The lowest BCUT2D eigenvalue weighted by Crippen LogP contribution is -2.07. The number of hydrogen-bond donors (Lipinski definition) is 1. The minimum absolute atomic E-state index is 0.0970. The van der Waals surface area contributed by atoms with Gasteiger partial charge in [0.1, 0.15) is 10.8 Å². The molecule has 0 saturated heterocycles. The summed E-state index contributed by atoms with van der Waals surface area (Å²) in [6.45, 7) is 1.82. The average molecular weight is 303 g/mol. The Bertz CT molecular complexity index is 680. The molecule has 0 spiro atoms. The molecule has 1 aromatic heterocycles. The monoisotopic (exact) mass is 302 g/mol. The predicted molar refractivity (Wildman–Crippen MR) is 73.6 cm³/mol. The molecular weight excluding hydrogens is 292 g/mol. The third kappa shape index (κ3) is 2.82. The van der Waals surface area contributed by atoms with Crippen LogP contribution in [-0.4, -0.2) is 13.4 Å². The van der Waals surface area contributed by atoms with Crippen molar-refractivity contribution in [2.24, 2.45) is 0 Å². The highest BCUT2D eigenvalue weighted by Gasteiger charge is 2.20. The van der Waals surface area contributed by atoms with Crippen LogP contribution < -0.4 is 5.73 Å². The van der Waals surface area contributed by atoms with E-state index in [4.69, 9.17) is 17.3 Å². The third-order valence-corrected chi connectivity index (χ3v) is 5.37. The Kier molecular flexibility index (Phi) is 3.61. The van der Waals surface area contributed by atoms with Gasteiger partial charge in [-0.15, -0.1) is 11.3 Å². The maximum atomic E-state index is 12.2. The van der Waals surface area contributed by atoms with Crippen molar-refractivity contribution in [1.29, 1.82) is 0 Å². The molecule has 0 amide bonds. The quantitative estimate of drug-likeness (QED) is 0.885. The van der Waals surface area contributed by atoms with Gasteiger partial charge in [-0.25, -0.2) is 13.4 Å². The largest absolute Gasteiger partial charge is 0.398 e. The van der Waals surface area contributed by atoms with E-state index in [9.17, 15) is 8.42 Å². The number of aryl methyl sites for hydroxylation is 1. The number of nitrogens with zero attached hydrogens (tertiary/aromatic N) is 1. The molecule has 0 aliphatic heterocycles. The Hall–Kier alpha value is -1.11. The SMILES string of the molecule is Cc1csc(CS(=O)(=O)c2ccc(Cl)cc2N)n1. The maximum absolute atomic E-state index is 12.2. The van der Waals surface area contributed by atoms with Crippen molar-refractivity contribution in [2.45, 2.75) is 17.6 Å². The number of sulfone groups is 1. The van der Waals surface area contributed by atoms with Crippen LogP contribution in [0.2, 0.25) is 5.02 Å². The van der Waals surface area contributed by atoms with Crippen LogP contribution in [0, 0.1) is 6.92 Å². The van der Waals surface area contributed by atoms with Crippen LogP contribution in [0.4, 0.5) is 5.69 Å². The number of rotatable bonds is 3. The van der Waals surface area contributed by atoms with Crippen molar-refractivity contribution < 1.29 is 8.42 Å². The number of nitrogens with two attached hydrogens (primary N) is 1. The first-order valence-corrected chi connectivity index (χ1v) is 7.98. The predicted octanol–water partition coefficient (Wildman–Crippen LogP) is 2.66. The van der Waals surface area contributed by atoms with Crippen molar-refractivity contribution >= 4 is 38.5 Å². The summed E-state index contributed by atoms with van der Waals surface area (Å²) in [6, 6.07) is 4.37. The highest BCUT2D eigenvalue weighted by molar-refractivity contribution is 7.91. The molecule has 96 valence electrons. The smallest absolute Gasteiger partial charge is 0.186 e. The molecule has 2 N–H and O–H groups in total. The number of nitrogen functional groups attached to an aromatic ring is 1. The standard InChI is InChI=1S/C11H11ClN2O2S2/c1-7-5-17-11(14-7)6-18(15,16)10-3-2-8(12)4-9(10)13/h2-5H,6,13H2,1H3. The van der Waals surface area contributed by atoms with Crippen molar-refractivity contribution in [2.75, 3.05) is 5.73 Å². The van der Waals surface area contributed by atoms with Crippen LogP contribution >= 0.6 is 22.9 Å². The molecule has 0 radical (unpaired) electrons. The fourth-order valence-corrected chi connectivity index (χ4v) is 4.22. The zero-order chi connectivity index (χ0) is 13.3. The van der Waals surface area contributed by atoms with Crippen LogP contribution in [0.3, 0.4) is 0 Å². The number of benzene rings is 1. The number of anilines is 1. The number of hydrogen-bond acceptors (Lipinski definition) is 5. The van der Waals surface area contributed by atoms with Crippen molar-refractivity contribution in [3.8, 4) is 0 Å². The lowest BCUT2D eigenvalue weighted by molar-refractivity contribution is 0.595. The molecule has 18 heavy (non-hydrogen) atoms. The summed E-state index contributed by atoms with van der Waals surface area (Å²) < 4.78 is 24.4. The molecule has 0 unspecified atom stereocenters. The molecule has 0 aliphatic carbocycles. The van der Waals surface area contributed by atoms with E-state index >= 15 is 0 Å². The third-order valence-electron chi connectivity index (χ3n) is 2.29. The van der Waals surface area contributed by atoms with Gasteiger partial charge in [0.25, 0.3) is 0 Å². The zero-order valence-electron chi connectivity index (χ0n) is 9.55. The molecule has 0 saturated carbocycles. The van der Waals surface area contributed by atoms with Crippen LogP contribution in [0.1, 0.15) is 10.7 Å². The van der Waals surface area contributed by atoms with Gasteiger partial charge in [0, 0.05) is 16.1 Å². The van der Waals surface area contributed by atoms with Gasteiger partial charge in [-0.2, -0.15) is 0 Å². The van der Waals surface area contributed by atoms with Crippen LogP contribution in [0.25, 0.3) is 0 Å². The second kappa shape index (κ2) is 4.87. The molecular formula is C11H11ClN2O2S2. The van der Waals surface area contributed by atoms with Gasteiger partial charge in [-0.3, -0.25) is 0 Å². The van der Waals surface area contributed by atoms with E-state index in [0.717, 1.165) is 5.69 Å². The van der Waals surface area contributed by atoms with Crippen LogP contribution in [0.15, 0.2) is 28.5 Å². The van der Waals surface area contributed by atoms with Gasteiger partial charge in [0.15, 0.2) is 9.84 Å². The summed E-state index contributed by atoms with van der Waals surface area (Å²) in [7, 11) is -3.48. The van der Waals surface area contributed by atoms with E-state index in [-0.39, 0.29) is 16.3 Å². The first-order valence-electron chi connectivity index (χ1n) is 5.07. The lowest BCUT2D eigenvalue weighted by atomic mass is 10.3. The summed E-state index contributed by atoms with van der Waals surface area (Å²) in [6.07, 6.45) is 0. The molecule has 0 bridgehead atoms. The van der Waals surface area contributed by atoms with Crippen LogP contribution in [0.5, 0.6) is 0 Å². The van der Waals surface area contributed by atoms with Gasteiger partial charge < -0.3 is 5.73 Å². The van der Waals surface area contributed by atoms with Gasteiger partial charge in [0.2, 0.25) is 0 Å². The van der Waals surface area contributed by atoms with E-state index in [1.165, 1.54) is 29.5 Å². The van der Waals surface area contributed by atoms with Crippen molar-refractivity contribution in [3.63, 3.8) is 0 Å². The Morgan fingerprint density at radius 2 is 2.17 bits per heavy atom. The molecule has 4 nitrogen and oxygen atoms in total. The molecule has 1 aromatic carbocycles. The molecule has 0 fully saturated rings. The van der Waals surface area contributed by atoms with E-state index in [0.29, 0.717) is 10.0 Å². The Labute approximate surface area is 114 Å². The second-order valence-corrected chi connectivity index (χ2v) is 7.16. The summed E-state index contributed by atoms with van der Waals surface area (Å²) in [4.78, 5) is 4.24. The van der Waals surface area contributed by atoms with E-state index in [1.807, 2.05) is 12.3 Å². The zero-order valence-corrected chi connectivity index (χ0v) is 11.9. The van der Waals surface area contributed by atoms with E-state index < -0.39 is 9.84 Å². The van der Waals surface area contributed by atoms with Gasteiger partial charge in [-0.05, 0) is 25.1 Å². The van der Waals surface area contributed by atoms with Crippen molar-refractivity contribution in [3.05, 3.63) is 39.3 Å². The minimum atomic E-state index is -3.48. The minimum Gasteiger partial charge on any atom is -0.398 e. The van der Waals surface area contributed by atoms with E-state index in [1.54, 1.807) is 0 Å². The molecule has 2 rings (SSSR count). The number of thiazole rings is 1. The van der Waals surface area contributed by atoms with Gasteiger partial charge >= 0.3 is 0 Å². The Balaban J connectivity index is 2.36. The Morgan fingerprint density at radius 1 is 1.44 bits per heavy atom. The number of aromatic nitrogens is 1. The first kappa shape index (κ1) is 13.3.